The van der Waals surface area contributed by atoms with Crippen LogP contribution in [0.15, 0.2) is 37.0 Å². The molecule has 5 rings (SSSR count). The van der Waals surface area contributed by atoms with Crippen LogP contribution < -0.4 is 5.32 Å². The normalized spacial score (nSPS) is 17.3. The summed E-state index contributed by atoms with van der Waals surface area (Å²) in [4.78, 5) is 14.8. The minimum Gasteiger partial charge on any atom is -0.459 e. The predicted octanol–water partition coefficient (Wildman–Crippen LogP) is 3.90. The van der Waals surface area contributed by atoms with Crippen LogP contribution in [0, 0.1) is 6.92 Å². The molecule has 186 valence electrons. The Balaban J connectivity index is 1.60. The third kappa shape index (κ3) is 4.60. The molecule has 3 aromatic rings. The Kier molecular flexibility index (Phi) is 6.67. The number of aryl methyl sites for hydroxylation is 1. The number of carbonyl (C=O) groups excluding carboxylic acids is 1. The van der Waals surface area contributed by atoms with Crippen molar-refractivity contribution in [3.05, 3.63) is 54.0 Å². The van der Waals surface area contributed by atoms with E-state index in [0.29, 0.717) is 5.56 Å². The van der Waals surface area contributed by atoms with E-state index in [4.69, 9.17) is 14.6 Å². The summed E-state index contributed by atoms with van der Waals surface area (Å²) in [6.07, 6.45) is 3.68. The van der Waals surface area contributed by atoms with Gasteiger partial charge in [-0.1, -0.05) is 6.58 Å². The number of aromatic nitrogens is 3. The highest BCUT2D eigenvalue weighted by atomic mass is 16.5. The predicted molar refractivity (Wildman–Crippen MR) is 136 cm³/mol. The molecule has 1 N–H and O–H groups in total. The van der Waals surface area contributed by atoms with Crippen LogP contribution in [0.1, 0.15) is 54.5 Å². The van der Waals surface area contributed by atoms with Crippen molar-refractivity contribution in [2.24, 2.45) is 0 Å². The lowest BCUT2D eigenvalue weighted by molar-refractivity contribution is 0.0378. The van der Waals surface area contributed by atoms with Crippen molar-refractivity contribution < 1.29 is 14.3 Å². The number of carbonyl (C=O) groups is 1. The van der Waals surface area contributed by atoms with Gasteiger partial charge < -0.3 is 24.1 Å². The number of piperazine rings is 1. The molecule has 0 radical (unpaired) electrons. The summed E-state index contributed by atoms with van der Waals surface area (Å²) in [6.45, 7) is 15.6. The first-order valence-corrected chi connectivity index (χ1v) is 12.6. The van der Waals surface area contributed by atoms with E-state index >= 15 is 0 Å². The molecule has 0 unspecified atom stereocenters. The lowest BCUT2D eigenvalue weighted by Crippen LogP contribution is -2.42. The van der Waals surface area contributed by atoms with Crippen molar-refractivity contribution in [3.63, 3.8) is 0 Å². The summed E-state index contributed by atoms with van der Waals surface area (Å²) in [6, 6.07) is 8.15. The number of pyridine rings is 1. The van der Waals surface area contributed by atoms with Crippen LogP contribution in [0.4, 0.5) is 0 Å². The highest BCUT2D eigenvalue weighted by Gasteiger charge is 2.29. The molecule has 2 saturated heterocycles. The zero-order valence-corrected chi connectivity index (χ0v) is 20.9. The fourth-order valence-corrected chi connectivity index (χ4v) is 5.13. The van der Waals surface area contributed by atoms with Crippen molar-refractivity contribution in [2.45, 2.75) is 45.8 Å². The molecule has 2 aliphatic rings. The van der Waals surface area contributed by atoms with Gasteiger partial charge in [-0.3, -0.25) is 4.68 Å². The molecule has 0 saturated carbocycles. The van der Waals surface area contributed by atoms with E-state index in [1.54, 1.807) is 0 Å². The highest BCUT2D eigenvalue weighted by molar-refractivity contribution is 5.91. The molecular weight excluding hydrogens is 442 g/mol. The van der Waals surface area contributed by atoms with Crippen LogP contribution in [0.25, 0.3) is 22.5 Å². The van der Waals surface area contributed by atoms with Crippen LogP contribution in [-0.2, 0) is 9.47 Å². The van der Waals surface area contributed by atoms with Gasteiger partial charge in [0.15, 0.2) is 0 Å². The lowest BCUT2D eigenvalue weighted by Gasteiger charge is -2.33. The summed E-state index contributed by atoms with van der Waals surface area (Å²) < 4.78 is 15.3. The summed E-state index contributed by atoms with van der Waals surface area (Å²) in [5.74, 6) is -0.304. The van der Waals surface area contributed by atoms with Crippen LogP contribution in [0.2, 0.25) is 0 Å². The summed E-state index contributed by atoms with van der Waals surface area (Å²) in [5.41, 5.74) is 6.71. The highest BCUT2D eigenvalue weighted by Crippen LogP contribution is 2.37. The zero-order chi connectivity index (χ0) is 24.5. The maximum atomic E-state index is 12.4. The molecule has 0 amide bonds. The second kappa shape index (κ2) is 9.87. The number of nitrogens with one attached hydrogen (secondary N) is 1. The molecule has 2 aliphatic heterocycles. The summed E-state index contributed by atoms with van der Waals surface area (Å²) in [5, 5.41) is 8.49. The number of hydrogen-bond donors (Lipinski definition) is 1. The molecule has 8 nitrogen and oxygen atoms in total. The molecule has 5 heterocycles. The van der Waals surface area contributed by atoms with E-state index < -0.39 is 0 Å². The largest absolute Gasteiger partial charge is 0.459 e. The number of nitrogens with zero attached hydrogens (tertiary/aromatic N) is 4. The van der Waals surface area contributed by atoms with Crippen LogP contribution in [0.3, 0.4) is 0 Å². The lowest BCUT2D eigenvalue weighted by atomic mass is 10.0. The summed E-state index contributed by atoms with van der Waals surface area (Å²) >= 11 is 0. The Morgan fingerprint density at radius 2 is 1.94 bits per heavy atom. The van der Waals surface area contributed by atoms with Gasteiger partial charge in [0.25, 0.3) is 0 Å². The first-order chi connectivity index (χ1) is 16.9. The van der Waals surface area contributed by atoms with Crippen molar-refractivity contribution in [1.82, 2.24) is 24.4 Å². The van der Waals surface area contributed by atoms with Crippen LogP contribution in [-0.4, -0.2) is 70.5 Å². The monoisotopic (exact) mass is 477 g/mol. The standard InChI is InChI=1S/C27H35N5O3/c1-18(2)35-27(33)21-7-12-31-23(17-21)5-6-24(31)25-19(3)29-32(22-8-15-34-16-9-22)26(25)20(4)30-13-10-28-11-14-30/h5-7,12,17-18,22,28H,4,8-11,13-16H2,1-3H3. The maximum Gasteiger partial charge on any atom is 0.338 e. The maximum absolute atomic E-state index is 12.4. The number of ether oxygens (including phenoxy) is 2. The molecular formula is C27H35N5O3. The number of fused-ring (bicyclic) bond motifs is 1. The van der Waals surface area contributed by atoms with Gasteiger partial charge in [0.2, 0.25) is 0 Å². The molecule has 0 spiro atoms. The number of hydrogen-bond acceptors (Lipinski definition) is 6. The molecule has 35 heavy (non-hydrogen) atoms. The smallest absolute Gasteiger partial charge is 0.338 e. The van der Waals surface area contributed by atoms with Crippen LogP contribution in [0.5, 0.6) is 0 Å². The van der Waals surface area contributed by atoms with Crippen molar-refractivity contribution >= 4 is 17.2 Å². The third-order valence-corrected chi connectivity index (χ3v) is 6.89. The van der Waals surface area contributed by atoms with E-state index in [9.17, 15) is 4.79 Å². The minimum absolute atomic E-state index is 0.154. The van der Waals surface area contributed by atoms with E-state index in [1.165, 1.54) is 0 Å². The summed E-state index contributed by atoms with van der Waals surface area (Å²) in [7, 11) is 0. The second-order valence-corrected chi connectivity index (χ2v) is 9.66. The van der Waals surface area contributed by atoms with Crippen LogP contribution >= 0.6 is 0 Å². The molecule has 0 aromatic carbocycles. The molecule has 3 aromatic heterocycles. The molecule has 0 bridgehead atoms. The van der Waals surface area contributed by atoms with Crippen molar-refractivity contribution in [3.8, 4) is 11.3 Å². The van der Waals surface area contributed by atoms with E-state index in [-0.39, 0.29) is 18.1 Å². The van der Waals surface area contributed by atoms with Gasteiger partial charge in [-0.15, -0.1) is 0 Å². The number of esters is 1. The molecule has 0 atom stereocenters. The average molecular weight is 478 g/mol. The Hall–Kier alpha value is -3.10. The first kappa shape index (κ1) is 23.6. The van der Waals surface area contributed by atoms with Gasteiger partial charge in [-0.05, 0) is 57.9 Å². The Morgan fingerprint density at radius 1 is 1.20 bits per heavy atom. The average Bonchev–Trinajstić information content (AvgIpc) is 3.44. The Bertz CT molecular complexity index is 1230. The minimum atomic E-state index is -0.304. The SMILES string of the molecule is C=C(c1c(-c2ccc3cc(C(=O)OC(C)C)ccn23)c(C)nn1C1CCOCC1)N1CCNCC1. The molecule has 8 heteroatoms. The Labute approximate surface area is 206 Å². The quantitative estimate of drug-likeness (QED) is 0.543. The van der Waals surface area contributed by atoms with E-state index in [2.05, 4.69) is 38.9 Å². The van der Waals surface area contributed by atoms with Gasteiger partial charge in [0.1, 0.15) is 0 Å². The van der Waals surface area contributed by atoms with Gasteiger partial charge >= 0.3 is 5.97 Å². The van der Waals surface area contributed by atoms with Gasteiger partial charge in [0.05, 0.1) is 40.5 Å². The second-order valence-electron chi connectivity index (χ2n) is 9.66. The van der Waals surface area contributed by atoms with Gasteiger partial charge in [0, 0.05) is 56.7 Å². The topological polar surface area (TPSA) is 73.0 Å². The van der Waals surface area contributed by atoms with Gasteiger partial charge in [-0.25, -0.2) is 4.79 Å². The molecule has 2 fully saturated rings. The van der Waals surface area contributed by atoms with Crippen molar-refractivity contribution in [2.75, 3.05) is 39.4 Å². The third-order valence-electron chi connectivity index (χ3n) is 6.89. The van der Waals surface area contributed by atoms with Gasteiger partial charge in [-0.2, -0.15) is 5.10 Å². The van der Waals surface area contributed by atoms with E-state index in [0.717, 1.165) is 86.1 Å². The van der Waals surface area contributed by atoms with E-state index in [1.807, 2.05) is 38.2 Å². The fraction of sp³-hybridized carbons (Fsp3) is 0.481. The van der Waals surface area contributed by atoms with Crippen molar-refractivity contribution in [1.29, 1.82) is 0 Å². The zero-order valence-electron chi connectivity index (χ0n) is 20.9. The molecule has 0 aliphatic carbocycles. The number of rotatable bonds is 6. The first-order valence-electron chi connectivity index (χ1n) is 12.6. The Morgan fingerprint density at radius 3 is 2.66 bits per heavy atom. The fourth-order valence-electron chi connectivity index (χ4n) is 5.13.